The molecular formula is C6H17NO7P2. The van der Waals surface area contributed by atoms with Gasteiger partial charge in [0, 0.05) is 12.6 Å². The number of aliphatic hydroxyl groups is 1. The van der Waals surface area contributed by atoms with Crippen molar-refractivity contribution in [3.05, 3.63) is 0 Å². The number of unbranched alkanes of at least 4 members (excludes halogenated alkanes) is 2. The third-order valence-corrected chi connectivity index (χ3v) is 4.13. The summed E-state index contributed by atoms with van der Waals surface area (Å²) in [5.74, 6) is 0. The summed E-state index contributed by atoms with van der Waals surface area (Å²) in [6.45, 7) is 0. The first-order valence-corrected chi connectivity index (χ1v) is 7.98. The van der Waals surface area contributed by atoms with Gasteiger partial charge in [0.25, 0.3) is 0 Å². The Hall–Kier alpha value is 0.220. The van der Waals surface area contributed by atoms with Gasteiger partial charge in [0.15, 0.2) is 0 Å². The lowest BCUT2D eigenvalue weighted by Gasteiger charge is -2.23. The molecule has 1 unspecified atom stereocenters. The van der Waals surface area contributed by atoms with Crippen molar-refractivity contribution in [1.82, 2.24) is 0 Å². The van der Waals surface area contributed by atoms with Crippen LogP contribution in [-0.4, -0.2) is 36.3 Å². The van der Waals surface area contributed by atoms with E-state index in [1.54, 1.807) is 0 Å². The SMILES string of the molecule is NC(O)(CCCCCP(=O)(O)O)P(=O)(O)O. The highest BCUT2D eigenvalue weighted by Gasteiger charge is 2.40. The highest BCUT2D eigenvalue weighted by atomic mass is 31.2. The van der Waals surface area contributed by atoms with E-state index in [0.29, 0.717) is 6.42 Å². The first-order valence-electron chi connectivity index (χ1n) is 4.57. The zero-order chi connectivity index (χ0) is 13.0. The van der Waals surface area contributed by atoms with Crippen LogP contribution in [0.2, 0.25) is 0 Å². The van der Waals surface area contributed by atoms with E-state index in [1.165, 1.54) is 0 Å². The van der Waals surface area contributed by atoms with E-state index in [1.807, 2.05) is 0 Å². The Morgan fingerprint density at radius 2 is 1.50 bits per heavy atom. The molecule has 0 aromatic rings. The molecule has 0 aliphatic carbocycles. The lowest BCUT2D eigenvalue weighted by atomic mass is 10.2. The molecule has 0 aliphatic rings. The summed E-state index contributed by atoms with van der Waals surface area (Å²) in [6, 6.07) is 0. The van der Waals surface area contributed by atoms with Gasteiger partial charge in [-0.3, -0.25) is 14.9 Å². The van der Waals surface area contributed by atoms with E-state index < -0.39 is 20.7 Å². The smallest absolute Gasteiger partial charge is 0.366 e. The molecule has 0 saturated heterocycles. The van der Waals surface area contributed by atoms with Crippen LogP contribution in [0.4, 0.5) is 0 Å². The zero-order valence-corrected chi connectivity index (χ0v) is 10.3. The van der Waals surface area contributed by atoms with Crippen molar-refractivity contribution in [1.29, 1.82) is 0 Å². The van der Waals surface area contributed by atoms with E-state index in [2.05, 4.69) is 0 Å². The lowest BCUT2D eigenvalue weighted by Crippen LogP contribution is -2.39. The van der Waals surface area contributed by atoms with Crippen molar-refractivity contribution in [2.45, 2.75) is 31.1 Å². The summed E-state index contributed by atoms with van der Waals surface area (Å²) in [4.78, 5) is 34.3. The van der Waals surface area contributed by atoms with Gasteiger partial charge in [0.2, 0.25) is 5.47 Å². The van der Waals surface area contributed by atoms with Gasteiger partial charge in [-0.2, -0.15) is 0 Å². The summed E-state index contributed by atoms with van der Waals surface area (Å²) in [5.41, 5.74) is 2.44. The second-order valence-electron chi connectivity index (χ2n) is 3.62. The van der Waals surface area contributed by atoms with Gasteiger partial charge in [0.05, 0.1) is 0 Å². The van der Waals surface area contributed by atoms with Crippen molar-refractivity contribution in [2.75, 3.05) is 6.16 Å². The van der Waals surface area contributed by atoms with Gasteiger partial charge in [-0.05, 0) is 12.8 Å². The van der Waals surface area contributed by atoms with Crippen molar-refractivity contribution >= 4 is 15.2 Å². The molecule has 0 rings (SSSR count). The van der Waals surface area contributed by atoms with Crippen LogP contribution >= 0.6 is 15.2 Å². The maximum atomic E-state index is 10.7. The molecule has 0 amide bonds. The second-order valence-corrected chi connectivity index (χ2v) is 7.26. The minimum absolute atomic E-state index is 0.179. The molecule has 0 radical (unpaired) electrons. The molecule has 0 heterocycles. The maximum absolute atomic E-state index is 10.7. The molecular weight excluding hydrogens is 260 g/mol. The Morgan fingerprint density at radius 3 is 1.88 bits per heavy atom. The highest BCUT2D eigenvalue weighted by Crippen LogP contribution is 2.47. The van der Waals surface area contributed by atoms with Crippen molar-refractivity contribution in [3.8, 4) is 0 Å². The minimum Gasteiger partial charge on any atom is -0.366 e. The predicted octanol–water partition coefficient (Wildman–Crippen LogP) is -0.493. The fraction of sp³-hybridized carbons (Fsp3) is 1.00. The molecule has 0 aromatic carbocycles. The Bertz CT molecular complexity index is 306. The average molecular weight is 277 g/mol. The molecule has 0 spiro atoms. The van der Waals surface area contributed by atoms with E-state index in [4.69, 9.17) is 25.3 Å². The Morgan fingerprint density at radius 1 is 1.00 bits per heavy atom. The van der Waals surface area contributed by atoms with Crippen LogP contribution in [0.1, 0.15) is 25.7 Å². The Balaban J connectivity index is 3.84. The molecule has 0 fully saturated rings. The van der Waals surface area contributed by atoms with Gasteiger partial charge in [-0.25, -0.2) is 0 Å². The standard InChI is InChI=1S/C6H17NO7P2/c7-6(8,16(12,13)14)4-2-1-3-5-15(9,10)11/h8H,1-5,7H2,(H2,9,10,11)(H2,12,13,14). The summed E-state index contributed by atoms with van der Waals surface area (Å²) in [5, 5.41) is 9.17. The van der Waals surface area contributed by atoms with Crippen LogP contribution < -0.4 is 5.73 Å². The Kier molecular flexibility index (Phi) is 5.79. The topological polar surface area (TPSA) is 161 Å². The summed E-state index contributed by atoms with van der Waals surface area (Å²) in [7, 11) is -8.80. The molecule has 8 nitrogen and oxygen atoms in total. The van der Waals surface area contributed by atoms with E-state index in [-0.39, 0.29) is 25.4 Å². The van der Waals surface area contributed by atoms with Gasteiger partial charge in [-0.15, -0.1) is 0 Å². The molecule has 98 valence electrons. The van der Waals surface area contributed by atoms with Gasteiger partial charge >= 0.3 is 15.2 Å². The van der Waals surface area contributed by atoms with Crippen LogP contribution in [0.5, 0.6) is 0 Å². The van der Waals surface area contributed by atoms with E-state index >= 15 is 0 Å². The van der Waals surface area contributed by atoms with Gasteiger partial charge in [-0.1, -0.05) is 6.42 Å². The molecule has 0 saturated carbocycles. The van der Waals surface area contributed by atoms with Crippen molar-refractivity contribution in [3.63, 3.8) is 0 Å². The summed E-state index contributed by atoms with van der Waals surface area (Å²) >= 11 is 0. The quantitative estimate of drug-likeness (QED) is 0.206. The summed E-state index contributed by atoms with van der Waals surface area (Å²) in [6.07, 6.45) is 0.106. The second kappa shape index (κ2) is 5.71. The minimum atomic E-state index is -4.77. The highest BCUT2D eigenvalue weighted by molar-refractivity contribution is 7.53. The first-order chi connectivity index (χ1) is 6.96. The molecule has 10 heteroatoms. The Labute approximate surface area is 92.8 Å². The number of hydrogen-bond acceptors (Lipinski definition) is 4. The van der Waals surface area contributed by atoms with Crippen LogP contribution in [0.3, 0.4) is 0 Å². The van der Waals surface area contributed by atoms with Crippen LogP contribution in [-0.2, 0) is 9.13 Å². The molecule has 0 aliphatic heterocycles. The number of hydrogen-bond donors (Lipinski definition) is 6. The van der Waals surface area contributed by atoms with E-state index in [0.717, 1.165) is 0 Å². The monoisotopic (exact) mass is 277 g/mol. The molecule has 0 bridgehead atoms. The first kappa shape index (κ1) is 16.2. The third kappa shape index (κ3) is 6.73. The largest absolute Gasteiger partial charge is 0.371 e. The molecule has 7 N–H and O–H groups in total. The predicted molar refractivity (Wildman–Crippen MR) is 56.6 cm³/mol. The number of nitrogens with two attached hydrogens (primary N) is 1. The molecule has 1 atom stereocenters. The molecule has 16 heavy (non-hydrogen) atoms. The molecule has 0 aromatic heterocycles. The van der Waals surface area contributed by atoms with Crippen LogP contribution in [0, 0.1) is 0 Å². The fourth-order valence-electron chi connectivity index (χ4n) is 1.03. The average Bonchev–Trinajstić information content (AvgIpc) is 1.98. The van der Waals surface area contributed by atoms with Gasteiger partial charge < -0.3 is 24.7 Å². The number of rotatable bonds is 7. The van der Waals surface area contributed by atoms with Crippen LogP contribution in [0.15, 0.2) is 0 Å². The summed E-state index contributed by atoms with van der Waals surface area (Å²) < 4.78 is 21.1. The van der Waals surface area contributed by atoms with E-state index in [9.17, 15) is 14.2 Å². The fourth-order valence-corrected chi connectivity index (χ4v) is 2.11. The van der Waals surface area contributed by atoms with Gasteiger partial charge in [0.1, 0.15) is 0 Å². The zero-order valence-electron chi connectivity index (χ0n) is 8.56. The van der Waals surface area contributed by atoms with Crippen molar-refractivity contribution in [2.24, 2.45) is 5.73 Å². The lowest BCUT2D eigenvalue weighted by molar-refractivity contribution is 0.0858. The third-order valence-electron chi connectivity index (χ3n) is 2.00. The normalized spacial score (nSPS) is 17.1. The van der Waals surface area contributed by atoms with Crippen LogP contribution in [0.25, 0.3) is 0 Å². The maximum Gasteiger partial charge on any atom is 0.371 e. The van der Waals surface area contributed by atoms with Crippen molar-refractivity contribution < 1.29 is 33.8 Å².